The Morgan fingerprint density at radius 1 is 0.722 bits per heavy atom. The highest BCUT2D eigenvalue weighted by Gasteiger charge is 2.58. The molecule has 0 radical (unpaired) electrons. The second kappa shape index (κ2) is 6.48. The summed E-state index contributed by atoms with van der Waals surface area (Å²) in [6.07, 6.45) is 7.09. The zero-order valence-electron chi connectivity index (χ0n) is 21.5. The number of benzene rings is 1. The van der Waals surface area contributed by atoms with Gasteiger partial charge in [-0.2, -0.15) is 0 Å². The first-order valence-electron chi connectivity index (χ1n) is 14.9. The summed E-state index contributed by atoms with van der Waals surface area (Å²) < 4.78 is 6.41. The number of nitrogens with zero attached hydrogens (tertiary/aromatic N) is 1. The van der Waals surface area contributed by atoms with E-state index in [0.29, 0.717) is 53.6 Å². The Bertz CT molecular complexity index is 1280. The van der Waals surface area contributed by atoms with E-state index < -0.39 is 0 Å². The van der Waals surface area contributed by atoms with Crippen LogP contribution in [0.5, 0.6) is 0 Å². The first-order chi connectivity index (χ1) is 17.7. The number of fused-ring (bicyclic) bond motifs is 5. The van der Waals surface area contributed by atoms with Crippen molar-refractivity contribution in [1.82, 2.24) is 10.2 Å². The third-order valence-corrected chi connectivity index (χ3v) is 12.2. The Hall–Kier alpha value is -2.10. The molecule has 1 N–H and O–H groups in total. The summed E-state index contributed by atoms with van der Waals surface area (Å²) in [6, 6.07) is 9.76. The van der Waals surface area contributed by atoms with E-state index in [0.717, 1.165) is 13.2 Å². The van der Waals surface area contributed by atoms with Gasteiger partial charge in [-0.25, -0.2) is 0 Å². The molecule has 9 atom stereocenters. The molecule has 0 amide bonds. The number of ether oxygens (including phenoxy) is 1. The molecular weight excluding hydrogens is 440 g/mol. The fourth-order valence-corrected chi connectivity index (χ4v) is 11.3. The molecule has 0 saturated carbocycles. The highest BCUT2D eigenvalue weighted by Crippen LogP contribution is 2.67. The molecule has 13 aliphatic rings. The zero-order chi connectivity index (χ0) is 23.4. The molecule has 1 fully saturated rings. The fraction of sp³-hybridized carbons (Fsp3) is 0.576. The Kier molecular flexibility index (Phi) is 3.59. The van der Waals surface area contributed by atoms with E-state index in [1.165, 1.54) is 38.6 Å². The summed E-state index contributed by atoms with van der Waals surface area (Å²) in [7, 11) is 0. The standard InChI is InChI=1S/C33H36N2O/c1-15-26-22-9-8-20(29-21-11-12-35(33(22)29)32-17-7-10-24(30(21)32)36-14-17)25(26)16(2)28-27(15)23-13-34-31(28)19-6-4-3-5-18(19)23/h3-6,15-17,20-24,31,34H,7-14H2,1-2H3. The van der Waals surface area contributed by atoms with Gasteiger partial charge in [-0.15, -0.1) is 0 Å². The van der Waals surface area contributed by atoms with Crippen molar-refractivity contribution < 1.29 is 4.74 Å². The highest BCUT2D eigenvalue weighted by molar-refractivity contribution is 5.63. The van der Waals surface area contributed by atoms with Gasteiger partial charge in [0, 0.05) is 60.0 Å². The average Bonchev–Trinajstić information content (AvgIpc) is 2.96. The number of hydrogen-bond donors (Lipinski definition) is 1. The molecule has 1 aromatic carbocycles. The molecule has 7 heterocycles. The molecule has 184 valence electrons. The van der Waals surface area contributed by atoms with Crippen LogP contribution >= 0.6 is 0 Å². The van der Waals surface area contributed by atoms with E-state index in [-0.39, 0.29) is 0 Å². The maximum Gasteiger partial charge on any atom is 0.0811 e. The normalized spacial score (nSPS) is 44.7. The second-order valence-electron chi connectivity index (χ2n) is 13.2. The topological polar surface area (TPSA) is 24.5 Å². The van der Waals surface area contributed by atoms with Crippen LogP contribution < -0.4 is 5.32 Å². The maximum atomic E-state index is 6.41. The monoisotopic (exact) mass is 476 g/mol. The molecule has 0 spiro atoms. The van der Waals surface area contributed by atoms with Crippen LogP contribution in [0.4, 0.5) is 0 Å². The number of hydrogen-bond acceptors (Lipinski definition) is 3. The summed E-state index contributed by atoms with van der Waals surface area (Å²) >= 11 is 0. The lowest BCUT2D eigenvalue weighted by Crippen LogP contribution is -2.56. The third-order valence-electron chi connectivity index (χ3n) is 12.2. The van der Waals surface area contributed by atoms with Gasteiger partial charge in [0.2, 0.25) is 0 Å². The van der Waals surface area contributed by atoms with Crippen molar-refractivity contribution in [3.8, 4) is 0 Å². The molecule has 3 nitrogen and oxygen atoms in total. The van der Waals surface area contributed by atoms with Crippen molar-refractivity contribution in [2.75, 3.05) is 19.7 Å². The molecule has 6 aliphatic carbocycles. The minimum Gasteiger partial charge on any atom is -0.373 e. The molecule has 7 aliphatic heterocycles. The molecule has 0 aromatic heterocycles. The van der Waals surface area contributed by atoms with Crippen molar-refractivity contribution in [1.29, 1.82) is 0 Å². The van der Waals surface area contributed by atoms with Crippen molar-refractivity contribution >= 4 is 0 Å². The summed E-state index contributed by atoms with van der Waals surface area (Å²) in [6.45, 7) is 8.53. The van der Waals surface area contributed by atoms with Crippen LogP contribution in [0.2, 0.25) is 0 Å². The Morgan fingerprint density at radius 3 is 2.33 bits per heavy atom. The molecule has 14 rings (SSSR count). The summed E-state index contributed by atoms with van der Waals surface area (Å²) in [5.41, 5.74) is 17.6. The van der Waals surface area contributed by atoms with Crippen LogP contribution in [0.25, 0.3) is 0 Å². The lowest BCUT2D eigenvalue weighted by atomic mass is 9.49. The lowest BCUT2D eigenvalue weighted by Gasteiger charge is -2.62. The molecular formula is C33H36N2O. The first-order valence-corrected chi connectivity index (χ1v) is 14.9. The van der Waals surface area contributed by atoms with E-state index in [9.17, 15) is 0 Å². The van der Waals surface area contributed by atoms with Gasteiger partial charge >= 0.3 is 0 Å². The zero-order valence-corrected chi connectivity index (χ0v) is 21.5. The number of nitrogens with one attached hydrogen (secondary N) is 1. The van der Waals surface area contributed by atoms with Gasteiger partial charge in [-0.05, 0) is 65.9 Å². The van der Waals surface area contributed by atoms with Crippen molar-refractivity contribution in [2.24, 2.45) is 35.5 Å². The minimum atomic E-state index is 0.410. The summed E-state index contributed by atoms with van der Waals surface area (Å²) in [5, 5.41) is 3.98. The largest absolute Gasteiger partial charge is 0.373 e. The van der Waals surface area contributed by atoms with Crippen LogP contribution in [0.15, 0.2) is 69.1 Å². The Morgan fingerprint density at radius 2 is 1.47 bits per heavy atom. The van der Waals surface area contributed by atoms with Crippen LogP contribution in [0.1, 0.15) is 69.0 Å². The molecule has 1 saturated heterocycles. The minimum absolute atomic E-state index is 0.410. The van der Waals surface area contributed by atoms with Gasteiger partial charge in [-0.1, -0.05) is 54.8 Å². The van der Waals surface area contributed by atoms with Crippen molar-refractivity contribution in [3.05, 3.63) is 80.2 Å². The summed E-state index contributed by atoms with van der Waals surface area (Å²) in [5.74, 6) is 4.39. The lowest BCUT2D eigenvalue weighted by molar-refractivity contribution is -0.0310. The van der Waals surface area contributed by atoms with Gasteiger partial charge in [-0.3, -0.25) is 0 Å². The van der Waals surface area contributed by atoms with Gasteiger partial charge < -0.3 is 15.0 Å². The Labute approximate surface area is 214 Å². The van der Waals surface area contributed by atoms with Crippen LogP contribution in [-0.4, -0.2) is 30.7 Å². The smallest absolute Gasteiger partial charge is 0.0811 e. The van der Waals surface area contributed by atoms with E-state index in [4.69, 9.17) is 4.74 Å². The Balaban J connectivity index is 1.13. The fourth-order valence-electron chi connectivity index (χ4n) is 11.3. The third kappa shape index (κ3) is 2.05. The van der Waals surface area contributed by atoms with Gasteiger partial charge in [0.05, 0.1) is 18.8 Å². The van der Waals surface area contributed by atoms with Crippen molar-refractivity contribution in [2.45, 2.75) is 64.0 Å². The van der Waals surface area contributed by atoms with Crippen LogP contribution in [0, 0.1) is 35.5 Å². The van der Waals surface area contributed by atoms with Gasteiger partial charge in [0.15, 0.2) is 0 Å². The van der Waals surface area contributed by atoms with Crippen molar-refractivity contribution in [3.63, 3.8) is 0 Å². The van der Waals surface area contributed by atoms with E-state index in [2.05, 4.69) is 48.3 Å². The molecule has 8 bridgehead atoms. The molecule has 1 aromatic rings. The van der Waals surface area contributed by atoms with Crippen LogP contribution in [0.3, 0.4) is 0 Å². The maximum absolute atomic E-state index is 6.41. The first kappa shape index (κ1) is 19.9. The predicted octanol–water partition coefficient (Wildman–Crippen LogP) is 6.00. The molecule has 9 unspecified atom stereocenters. The SMILES string of the molecule is CC1C2=C(C(C)C3=C1C1CNC3c3ccccc31)C1CCC2C2=C1C1CCN2C2=C1C1CCC2CO1. The second-order valence-corrected chi connectivity index (χ2v) is 13.2. The molecule has 3 heteroatoms. The number of allylic oxidation sites excluding steroid dienone is 3. The summed E-state index contributed by atoms with van der Waals surface area (Å²) in [4.78, 5) is 2.90. The van der Waals surface area contributed by atoms with E-state index >= 15 is 0 Å². The van der Waals surface area contributed by atoms with Crippen LogP contribution in [-0.2, 0) is 4.74 Å². The quantitative estimate of drug-likeness (QED) is 0.465. The number of rotatable bonds is 0. The van der Waals surface area contributed by atoms with E-state index in [1.807, 2.05) is 16.7 Å². The van der Waals surface area contributed by atoms with Gasteiger partial charge in [0.25, 0.3) is 0 Å². The van der Waals surface area contributed by atoms with Gasteiger partial charge in [0.1, 0.15) is 0 Å². The predicted molar refractivity (Wildman–Crippen MR) is 140 cm³/mol. The molecule has 36 heavy (non-hydrogen) atoms. The van der Waals surface area contributed by atoms with E-state index in [1.54, 1.807) is 39.2 Å². The average molecular weight is 477 g/mol. The highest BCUT2D eigenvalue weighted by atomic mass is 16.5.